The highest BCUT2D eigenvalue weighted by atomic mass is 19.4. The van der Waals surface area contributed by atoms with E-state index in [1.807, 2.05) is 42.5 Å². The molecule has 1 aliphatic rings. The third-order valence-corrected chi connectivity index (χ3v) is 6.54. The van der Waals surface area contributed by atoms with E-state index in [2.05, 4.69) is 15.6 Å². The number of aliphatic imine (C=N–C) groups is 1. The number of nitrogens with zero attached hydrogens (tertiary/aromatic N) is 2. The summed E-state index contributed by atoms with van der Waals surface area (Å²) < 4.78 is 37.2. The molecule has 1 saturated heterocycles. The summed E-state index contributed by atoms with van der Waals surface area (Å²) in [5, 5.41) is 5.69. The normalized spacial score (nSPS) is 15.8. The summed E-state index contributed by atoms with van der Waals surface area (Å²) in [6.45, 7) is 0.793. The minimum atomic E-state index is -5.12. The van der Waals surface area contributed by atoms with Gasteiger partial charge in [0.25, 0.3) is 5.91 Å². The molecular formula is C29H28F3N5O3. The summed E-state index contributed by atoms with van der Waals surface area (Å²) in [4.78, 5) is 41.4. The van der Waals surface area contributed by atoms with Gasteiger partial charge in [0.15, 0.2) is 0 Å². The third kappa shape index (κ3) is 7.25. The molecule has 1 unspecified atom stereocenters. The van der Waals surface area contributed by atoms with E-state index in [4.69, 9.17) is 5.73 Å². The SMILES string of the molecule is NC(=NC(=O)C(F)(F)F)c1ccc(NC(=O)N2CCCCC2CNC(=O)c2ccc(-c3ccccc3)cc2)cc1. The Hall–Kier alpha value is -4.67. The fourth-order valence-corrected chi connectivity index (χ4v) is 4.39. The Labute approximate surface area is 229 Å². The standard InChI is InChI=1S/C29H28F3N5O3/c30-29(31,32)27(39)36-25(33)21-13-15-23(16-14-21)35-28(40)37-17-5-4-8-24(37)18-34-26(38)22-11-9-20(10-12-22)19-6-2-1-3-7-19/h1-3,6-7,9-16,24H,4-5,8,17-18H2,(H,34,38)(H,35,40)(H2,33,36,39). The molecule has 0 spiro atoms. The number of carbonyl (C=O) groups is 3. The Morgan fingerprint density at radius 1 is 0.875 bits per heavy atom. The fourth-order valence-electron chi connectivity index (χ4n) is 4.39. The van der Waals surface area contributed by atoms with Gasteiger partial charge in [-0.15, -0.1) is 0 Å². The Bertz CT molecular complexity index is 1370. The van der Waals surface area contributed by atoms with E-state index in [1.54, 1.807) is 17.0 Å². The number of nitrogens with one attached hydrogen (secondary N) is 2. The first-order valence-corrected chi connectivity index (χ1v) is 12.7. The molecule has 1 aliphatic heterocycles. The van der Waals surface area contributed by atoms with Crippen molar-refractivity contribution in [3.63, 3.8) is 0 Å². The van der Waals surface area contributed by atoms with Crippen molar-refractivity contribution in [1.29, 1.82) is 0 Å². The van der Waals surface area contributed by atoms with Crippen molar-refractivity contribution in [2.24, 2.45) is 10.7 Å². The van der Waals surface area contributed by atoms with Crippen LogP contribution in [0.3, 0.4) is 0 Å². The van der Waals surface area contributed by atoms with E-state index in [-0.39, 0.29) is 30.1 Å². The Kier molecular flexibility index (Phi) is 8.83. The molecule has 1 heterocycles. The van der Waals surface area contributed by atoms with Crippen LogP contribution in [0.4, 0.5) is 23.7 Å². The number of rotatable bonds is 6. The summed E-state index contributed by atoms with van der Waals surface area (Å²) in [7, 11) is 0. The molecule has 0 saturated carbocycles. The van der Waals surface area contributed by atoms with Crippen molar-refractivity contribution in [3.8, 4) is 11.1 Å². The van der Waals surface area contributed by atoms with Crippen molar-refractivity contribution < 1.29 is 27.6 Å². The van der Waals surface area contributed by atoms with E-state index in [1.165, 1.54) is 24.3 Å². The molecule has 0 radical (unpaired) electrons. The highest BCUT2D eigenvalue weighted by Crippen LogP contribution is 2.21. The molecule has 0 aliphatic carbocycles. The lowest BCUT2D eigenvalue weighted by atomic mass is 10.0. The van der Waals surface area contributed by atoms with Crippen LogP contribution < -0.4 is 16.4 Å². The summed E-state index contributed by atoms with van der Waals surface area (Å²) >= 11 is 0. The van der Waals surface area contributed by atoms with Gasteiger partial charge in [-0.05, 0) is 66.8 Å². The van der Waals surface area contributed by atoms with Crippen LogP contribution in [0.25, 0.3) is 11.1 Å². The maximum Gasteiger partial charge on any atom is 0.473 e. The molecule has 4 N–H and O–H groups in total. The second-order valence-corrected chi connectivity index (χ2v) is 9.30. The lowest BCUT2D eigenvalue weighted by molar-refractivity contribution is -0.169. The molecule has 11 heteroatoms. The number of anilines is 1. The maximum atomic E-state index is 13.0. The van der Waals surface area contributed by atoms with Crippen LogP contribution in [0.2, 0.25) is 0 Å². The van der Waals surface area contributed by atoms with Crippen LogP contribution >= 0.6 is 0 Å². The number of halogens is 3. The molecule has 208 valence electrons. The van der Waals surface area contributed by atoms with Gasteiger partial charge in [0.05, 0.1) is 6.04 Å². The molecule has 8 nitrogen and oxygen atoms in total. The number of benzene rings is 3. The molecule has 1 fully saturated rings. The molecule has 3 aromatic rings. The number of nitrogens with two attached hydrogens (primary N) is 1. The number of alkyl halides is 3. The quantitative estimate of drug-likeness (QED) is 0.296. The average molecular weight is 552 g/mol. The van der Waals surface area contributed by atoms with Crippen molar-refractivity contribution in [1.82, 2.24) is 10.2 Å². The zero-order chi connectivity index (χ0) is 28.7. The first-order chi connectivity index (χ1) is 19.1. The van der Waals surface area contributed by atoms with Gasteiger partial charge in [0, 0.05) is 29.9 Å². The zero-order valence-corrected chi connectivity index (χ0v) is 21.4. The number of urea groups is 1. The lowest BCUT2D eigenvalue weighted by Gasteiger charge is -2.35. The van der Waals surface area contributed by atoms with Gasteiger partial charge in [-0.2, -0.15) is 18.2 Å². The monoisotopic (exact) mass is 551 g/mol. The van der Waals surface area contributed by atoms with E-state index < -0.39 is 17.9 Å². The predicted octanol–water partition coefficient (Wildman–Crippen LogP) is 4.96. The van der Waals surface area contributed by atoms with Crippen molar-refractivity contribution >= 4 is 29.4 Å². The summed E-state index contributed by atoms with van der Waals surface area (Å²) in [5.74, 6) is -3.11. The molecule has 0 bridgehead atoms. The summed E-state index contributed by atoms with van der Waals surface area (Å²) in [5.41, 5.74) is 8.58. The largest absolute Gasteiger partial charge is 0.473 e. The van der Waals surface area contributed by atoms with Crippen LogP contribution in [0, 0.1) is 0 Å². The first kappa shape index (κ1) is 28.3. The van der Waals surface area contributed by atoms with Gasteiger partial charge >= 0.3 is 18.1 Å². The predicted molar refractivity (Wildman–Crippen MR) is 146 cm³/mol. The van der Waals surface area contributed by atoms with Gasteiger partial charge in [0.2, 0.25) is 0 Å². The van der Waals surface area contributed by atoms with Gasteiger partial charge < -0.3 is 21.3 Å². The van der Waals surface area contributed by atoms with Crippen LogP contribution in [0.1, 0.15) is 35.2 Å². The molecule has 0 aromatic heterocycles. The molecular weight excluding hydrogens is 523 g/mol. The number of likely N-dealkylation sites (tertiary alicyclic amines) is 1. The number of amides is 4. The minimum absolute atomic E-state index is 0.103. The third-order valence-electron chi connectivity index (χ3n) is 6.54. The fraction of sp³-hybridized carbons (Fsp3) is 0.241. The summed E-state index contributed by atoms with van der Waals surface area (Å²) in [6.07, 6.45) is -2.66. The second-order valence-electron chi connectivity index (χ2n) is 9.30. The minimum Gasteiger partial charge on any atom is -0.383 e. The maximum absolute atomic E-state index is 13.0. The van der Waals surface area contributed by atoms with Crippen LogP contribution in [0.15, 0.2) is 83.9 Å². The van der Waals surface area contributed by atoms with E-state index >= 15 is 0 Å². The Morgan fingerprint density at radius 2 is 1.50 bits per heavy atom. The highest BCUT2D eigenvalue weighted by Gasteiger charge is 2.38. The van der Waals surface area contributed by atoms with Gasteiger partial charge in [-0.3, -0.25) is 9.59 Å². The number of amidine groups is 1. The van der Waals surface area contributed by atoms with Crippen molar-refractivity contribution in [2.45, 2.75) is 31.5 Å². The summed E-state index contributed by atoms with van der Waals surface area (Å²) in [6, 6.07) is 22.2. The van der Waals surface area contributed by atoms with Crippen molar-refractivity contribution in [2.75, 3.05) is 18.4 Å². The Balaban J connectivity index is 1.34. The number of carbonyl (C=O) groups excluding carboxylic acids is 3. The molecule has 3 aromatic carbocycles. The molecule has 4 amide bonds. The number of hydrogen-bond donors (Lipinski definition) is 3. The van der Waals surface area contributed by atoms with E-state index in [9.17, 15) is 27.6 Å². The van der Waals surface area contributed by atoms with Crippen LogP contribution in [0.5, 0.6) is 0 Å². The van der Waals surface area contributed by atoms with E-state index in [0.717, 1.165) is 30.4 Å². The first-order valence-electron chi connectivity index (χ1n) is 12.7. The van der Waals surface area contributed by atoms with Gasteiger partial charge in [0.1, 0.15) is 5.84 Å². The molecule has 40 heavy (non-hydrogen) atoms. The van der Waals surface area contributed by atoms with Gasteiger partial charge in [-0.1, -0.05) is 42.5 Å². The molecule has 1 atom stereocenters. The zero-order valence-electron chi connectivity index (χ0n) is 21.4. The second kappa shape index (κ2) is 12.5. The Morgan fingerprint density at radius 3 is 2.15 bits per heavy atom. The van der Waals surface area contributed by atoms with Crippen LogP contribution in [-0.2, 0) is 4.79 Å². The average Bonchev–Trinajstić information content (AvgIpc) is 2.96. The molecule has 4 rings (SSSR count). The topological polar surface area (TPSA) is 117 Å². The van der Waals surface area contributed by atoms with E-state index in [0.29, 0.717) is 17.8 Å². The lowest BCUT2D eigenvalue weighted by Crippen LogP contribution is -2.50. The van der Waals surface area contributed by atoms with Crippen molar-refractivity contribution in [3.05, 3.63) is 90.0 Å². The van der Waals surface area contributed by atoms with Crippen LogP contribution in [-0.4, -0.2) is 53.9 Å². The number of piperidine rings is 1. The smallest absolute Gasteiger partial charge is 0.383 e. The highest BCUT2D eigenvalue weighted by molar-refractivity contribution is 6.05. The van der Waals surface area contributed by atoms with Gasteiger partial charge in [-0.25, -0.2) is 4.79 Å². The number of hydrogen-bond acceptors (Lipinski definition) is 3.